The van der Waals surface area contributed by atoms with E-state index in [9.17, 15) is 4.79 Å². The maximum Gasteiger partial charge on any atom is 0.259 e. The topological polar surface area (TPSA) is 45.7 Å². The maximum atomic E-state index is 13.0. The molecule has 6 heteroatoms. The first-order valence-corrected chi connectivity index (χ1v) is 8.82. The van der Waals surface area contributed by atoms with Crippen molar-refractivity contribution in [1.82, 2.24) is 9.88 Å². The number of hydrogen-bond donors (Lipinski definition) is 0. The van der Waals surface area contributed by atoms with Gasteiger partial charge in [0.25, 0.3) is 5.91 Å². The Balaban J connectivity index is 1.80. The van der Waals surface area contributed by atoms with E-state index in [1.165, 1.54) is 0 Å². The molecular weight excluding hydrogens is 338 g/mol. The molecular formula is C19H22ClN3O2. The summed E-state index contributed by atoms with van der Waals surface area (Å²) in [4.78, 5) is 21.6. The summed E-state index contributed by atoms with van der Waals surface area (Å²) in [6.45, 7) is 6.57. The average Bonchev–Trinajstić information content (AvgIpc) is 2.63. The Kier molecular flexibility index (Phi) is 6.02. The number of rotatable bonds is 5. The van der Waals surface area contributed by atoms with Crippen LogP contribution in [-0.2, 0) is 4.74 Å². The number of halogens is 1. The highest BCUT2D eigenvalue weighted by Gasteiger charge is 2.20. The minimum atomic E-state index is -0.0666. The Morgan fingerprint density at radius 2 is 1.92 bits per heavy atom. The molecule has 3 rings (SSSR count). The summed E-state index contributed by atoms with van der Waals surface area (Å²) in [6.07, 6.45) is 0. The third-order valence-corrected chi connectivity index (χ3v) is 4.48. The Bertz CT molecular complexity index is 715. The van der Waals surface area contributed by atoms with Crippen molar-refractivity contribution in [3.05, 3.63) is 58.7 Å². The van der Waals surface area contributed by atoms with Gasteiger partial charge in [0.15, 0.2) is 0 Å². The van der Waals surface area contributed by atoms with E-state index in [-0.39, 0.29) is 5.91 Å². The molecule has 0 bridgehead atoms. The van der Waals surface area contributed by atoms with E-state index in [1.54, 1.807) is 29.2 Å². The monoisotopic (exact) mass is 359 g/mol. The molecule has 0 aliphatic carbocycles. The molecule has 0 atom stereocenters. The van der Waals surface area contributed by atoms with Gasteiger partial charge in [-0.3, -0.25) is 14.6 Å². The zero-order valence-electron chi connectivity index (χ0n) is 14.3. The number of carbonyl (C=O) groups excluding carboxylic acids is 1. The summed E-state index contributed by atoms with van der Waals surface area (Å²) in [5.74, 6) is 0.608. The first-order valence-electron chi connectivity index (χ1n) is 8.45. The number of pyridine rings is 1. The van der Waals surface area contributed by atoms with Gasteiger partial charge in [-0.2, -0.15) is 0 Å². The van der Waals surface area contributed by atoms with Crippen LogP contribution in [0.2, 0.25) is 5.02 Å². The number of benzene rings is 1. The van der Waals surface area contributed by atoms with E-state index < -0.39 is 0 Å². The largest absolute Gasteiger partial charge is 0.379 e. The Morgan fingerprint density at radius 1 is 1.20 bits per heavy atom. The molecule has 132 valence electrons. The van der Waals surface area contributed by atoms with E-state index in [4.69, 9.17) is 16.3 Å². The summed E-state index contributed by atoms with van der Waals surface area (Å²) >= 11 is 5.94. The lowest BCUT2D eigenvalue weighted by Crippen LogP contribution is -2.43. The van der Waals surface area contributed by atoms with E-state index >= 15 is 0 Å². The number of aromatic nitrogens is 1. The summed E-state index contributed by atoms with van der Waals surface area (Å²) in [5, 5.41) is 0.616. The van der Waals surface area contributed by atoms with Crippen LogP contribution in [0, 0.1) is 6.92 Å². The fourth-order valence-electron chi connectivity index (χ4n) is 2.81. The van der Waals surface area contributed by atoms with Crippen LogP contribution in [0.25, 0.3) is 0 Å². The lowest BCUT2D eigenvalue weighted by atomic mass is 10.2. The zero-order chi connectivity index (χ0) is 17.6. The third-order valence-electron chi connectivity index (χ3n) is 4.23. The zero-order valence-corrected chi connectivity index (χ0v) is 15.1. The minimum Gasteiger partial charge on any atom is -0.379 e. The van der Waals surface area contributed by atoms with Gasteiger partial charge in [0.1, 0.15) is 5.82 Å². The number of morpholine rings is 1. The van der Waals surface area contributed by atoms with Crippen LogP contribution in [0.5, 0.6) is 0 Å². The fraction of sp³-hybridized carbons (Fsp3) is 0.368. The second-order valence-electron chi connectivity index (χ2n) is 6.05. The molecule has 2 heterocycles. The van der Waals surface area contributed by atoms with E-state index in [2.05, 4.69) is 9.88 Å². The van der Waals surface area contributed by atoms with Crippen LogP contribution in [-0.4, -0.2) is 55.2 Å². The molecule has 1 aliphatic heterocycles. The maximum absolute atomic E-state index is 13.0. The lowest BCUT2D eigenvalue weighted by molar-refractivity contribution is 0.0391. The van der Waals surface area contributed by atoms with E-state index in [0.29, 0.717) is 22.9 Å². The lowest BCUT2D eigenvalue weighted by Gasteiger charge is -2.30. The van der Waals surface area contributed by atoms with Gasteiger partial charge < -0.3 is 4.74 Å². The van der Waals surface area contributed by atoms with Crippen molar-refractivity contribution < 1.29 is 9.53 Å². The van der Waals surface area contributed by atoms with Crippen molar-refractivity contribution >= 4 is 23.3 Å². The van der Waals surface area contributed by atoms with Gasteiger partial charge >= 0.3 is 0 Å². The predicted molar refractivity (Wildman–Crippen MR) is 99.4 cm³/mol. The third kappa shape index (κ3) is 4.78. The molecule has 0 radical (unpaired) electrons. The van der Waals surface area contributed by atoms with Crippen LogP contribution >= 0.6 is 11.6 Å². The molecule has 1 amide bonds. The second kappa shape index (κ2) is 8.43. The second-order valence-corrected chi connectivity index (χ2v) is 6.49. The highest BCUT2D eigenvalue weighted by molar-refractivity contribution is 6.30. The van der Waals surface area contributed by atoms with Crippen LogP contribution in [0.3, 0.4) is 0 Å². The fourth-order valence-corrected chi connectivity index (χ4v) is 2.94. The van der Waals surface area contributed by atoms with Gasteiger partial charge in [0.2, 0.25) is 0 Å². The quantitative estimate of drug-likeness (QED) is 0.823. The molecule has 1 fully saturated rings. The van der Waals surface area contributed by atoms with Crippen molar-refractivity contribution in [3.8, 4) is 0 Å². The predicted octanol–water partition coefficient (Wildman–Crippen LogP) is 3.02. The molecule has 1 saturated heterocycles. The SMILES string of the molecule is Cc1cccc(N(CCN2CCOCC2)C(=O)c2ccc(Cl)cc2)n1. The van der Waals surface area contributed by atoms with Gasteiger partial charge in [-0.1, -0.05) is 17.7 Å². The average molecular weight is 360 g/mol. The number of ether oxygens (including phenoxy) is 1. The summed E-state index contributed by atoms with van der Waals surface area (Å²) in [6, 6.07) is 12.7. The van der Waals surface area contributed by atoms with Crippen molar-refractivity contribution in [2.75, 3.05) is 44.3 Å². The Morgan fingerprint density at radius 3 is 2.60 bits per heavy atom. The molecule has 25 heavy (non-hydrogen) atoms. The molecule has 1 aliphatic rings. The van der Waals surface area contributed by atoms with Crippen molar-refractivity contribution in [2.24, 2.45) is 0 Å². The molecule has 1 aromatic carbocycles. The highest BCUT2D eigenvalue weighted by atomic mass is 35.5. The molecule has 5 nitrogen and oxygen atoms in total. The van der Waals surface area contributed by atoms with Crippen LogP contribution in [0.15, 0.2) is 42.5 Å². The summed E-state index contributed by atoms with van der Waals surface area (Å²) in [5.41, 5.74) is 1.49. The summed E-state index contributed by atoms with van der Waals surface area (Å²) in [7, 11) is 0. The normalized spacial score (nSPS) is 15.1. The number of aryl methyl sites for hydroxylation is 1. The van der Waals surface area contributed by atoms with Gasteiger partial charge in [0.05, 0.1) is 13.2 Å². The van der Waals surface area contributed by atoms with Crippen molar-refractivity contribution in [3.63, 3.8) is 0 Å². The van der Waals surface area contributed by atoms with Gasteiger partial charge in [-0.15, -0.1) is 0 Å². The number of carbonyl (C=O) groups is 1. The van der Waals surface area contributed by atoms with Crippen molar-refractivity contribution in [1.29, 1.82) is 0 Å². The number of anilines is 1. The number of amides is 1. The summed E-state index contributed by atoms with van der Waals surface area (Å²) < 4.78 is 5.39. The van der Waals surface area contributed by atoms with Gasteiger partial charge in [0, 0.05) is 42.5 Å². The van der Waals surface area contributed by atoms with Gasteiger partial charge in [-0.05, 0) is 43.3 Å². The molecule has 0 N–H and O–H groups in total. The molecule has 0 unspecified atom stereocenters. The Labute approximate surface area is 153 Å². The van der Waals surface area contributed by atoms with E-state index in [0.717, 1.165) is 38.5 Å². The first kappa shape index (κ1) is 17.9. The molecule has 0 spiro atoms. The van der Waals surface area contributed by atoms with Crippen LogP contribution in [0.4, 0.5) is 5.82 Å². The molecule has 0 saturated carbocycles. The van der Waals surface area contributed by atoms with E-state index in [1.807, 2.05) is 25.1 Å². The van der Waals surface area contributed by atoms with Crippen molar-refractivity contribution in [2.45, 2.75) is 6.92 Å². The van der Waals surface area contributed by atoms with Gasteiger partial charge in [-0.25, -0.2) is 4.98 Å². The highest BCUT2D eigenvalue weighted by Crippen LogP contribution is 2.17. The molecule has 1 aromatic heterocycles. The van der Waals surface area contributed by atoms with Crippen LogP contribution < -0.4 is 4.90 Å². The standard InChI is InChI=1S/C19H22ClN3O2/c1-15-3-2-4-18(21-15)23(10-9-22-11-13-25-14-12-22)19(24)16-5-7-17(20)8-6-16/h2-8H,9-14H2,1H3. The number of hydrogen-bond acceptors (Lipinski definition) is 4. The molecule has 2 aromatic rings. The Hall–Kier alpha value is -1.95. The minimum absolute atomic E-state index is 0.0666. The number of nitrogens with zero attached hydrogens (tertiary/aromatic N) is 3. The first-order chi connectivity index (χ1) is 12.1. The smallest absolute Gasteiger partial charge is 0.259 e. The van der Waals surface area contributed by atoms with Crippen LogP contribution in [0.1, 0.15) is 16.1 Å².